The highest BCUT2D eigenvalue weighted by Gasteiger charge is 2.34. The SMILES string of the molecule is O=C(Nc1cccc2c1C(=O)c1ccc3c(=O)c4ccccc4[nH]c3c1C2=O)c1ccccc1. The fourth-order valence-electron chi connectivity index (χ4n) is 4.56. The van der Waals surface area contributed by atoms with Gasteiger partial charge in [0, 0.05) is 33.0 Å². The van der Waals surface area contributed by atoms with E-state index in [-0.39, 0.29) is 50.8 Å². The molecule has 1 aliphatic carbocycles. The summed E-state index contributed by atoms with van der Waals surface area (Å²) < 4.78 is 0. The molecule has 6 rings (SSSR count). The highest BCUT2D eigenvalue weighted by Crippen LogP contribution is 2.35. The molecule has 4 aromatic carbocycles. The summed E-state index contributed by atoms with van der Waals surface area (Å²) in [5.41, 5.74) is 2.11. The number of aromatic amines is 1. The average Bonchev–Trinajstić information content (AvgIpc) is 2.87. The second-order valence-electron chi connectivity index (χ2n) is 8.12. The number of para-hydroxylation sites is 1. The molecule has 162 valence electrons. The van der Waals surface area contributed by atoms with E-state index in [2.05, 4.69) is 10.3 Å². The van der Waals surface area contributed by atoms with E-state index in [9.17, 15) is 19.2 Å². The van der Waals surface area contributed by atoms with Crippen LogP contribution in [0.2, 0.25) is 0 Å². The van der Waals surface area contributed by atoms with Crippen LogP contribution in [0.4, 0.5) is 5.69 Å². The topological polar surface area (TPSA) is 96.1 Å². The second-order valence-corrected chi connectivity index (χ2v) is 8.12. The van der Waals surface area contributed by atoms with Crippen LogP contribution in [0, 0.1) is 0 Å². The van der Waals surface area contributed by atoms with Gasteiger partial charge in [0.1, 0.15) is 0 Å². The summed E-state index contributed by atoms with van der Waals surface area (Å²) in [5.74, 6) is -1.14. The number of fused-ring (bicyclic) bond motifs is 5. The Hall–Kier alpha value is -4.84. The molecule has 34 heavy (non-hydrogen) atoms. The van der Waals surface area contributed by atoms with Crippen LogP contribution in [0.1, 0.15) is 42.2 Å². The second kappa shape index (κ2) is 7.35. The Balaban J connectivity index is 1.54. The zero-order valence-corrected chi connectivity index (χ0v) is 17.7. The number of nitrogens with one attached hydrogen (secondary N) is 2. The number of rotatable bonds is 2. The van der Waals surface area contributed by atoms with Crippen molar-refractivity contribution in [1.82, 2.24) is 4.98 Å². The van der Waals surface area contributed by atoms with Gasteiger partial charge in [-0.3, -0.25) is 19.2 Å². The Morgan fingerprint density at radius 2 is 1.35 bits per heavy atom. The number of amides is 1. The number of carbonyl (C=O) groups excluding carboxylic acids is 3. The lowest BCUT2D eigenvalue weighted by molar-refractivity contribution is 0.0979. The van der Waals surface area contributed by atoms with E-state index < -0.39 is 0 Å². The standard InChI is InChI=1S/C28H16N2O4/c31-25-16-9-4-5-11-20(16)29-24-19(25)14-13-18-23(24)27(33)17-10-6-12-21(22(17)26(18)32)30-28(34)15-7-2-1-3-8-15/h1-14H,(H,29,31)(H,30,34). The van der Waals surface area contributed by atoms with E-state index in [4.69, 9.17) is 0 Å². The van der Waals surface area contributed by atoms with Gasteiger partial charge in [0.25, 0.3) is 5.91 Å². The summed E-state index contributed by atoms with van der Waals surface area (Å²) in [6.45, 7) is 0. The first-order valence-corrected chi connectivity index (χ1v) is 10.7. The van der Waals surface area contributed by atoms with Crippen molar-refractivity contribution in [2.45, 2.75) is 0 Å². The smallest absolute Gasteiger partial charge is 0.255 e. The number of anilines is 1. The fourth-order valence-corrected chi connectivity index (χ4v) is 4.56. The molecule has 5 aromatic rings. The summed E-state index contributed by atoms with van der Waals surface area (Å²) in [7, 11) is 0. The molecule has 0 bridgehead atoms. The molecule has 0 radical (unpaired) electrons. The van der Waals surface area contributed by atoms with Crippen molar-refractivity contribution in [1.29, 1.82) is 0 Å². The molecular formula is C28H16N2O4. The number of carbonyl (C=O) groups is 3. The minimum atomic E-state index is -0.385. The maximum absolute atomic E-state index is 13.6. The van der Waals surface area contributed by atoms with Crippen molar-refractivity contribution in [3.8, 4) is 0 Å². The largest absolute Gasteiger partial charge is 0.354 e. The first-order valence-electron chi connectivity index (χ1n) is 10.7. The number of benzene rings is 4. The zero-order valence-electron chi connectivity index (χ0n) is 17.7. The third-order valence-electron chi connectivity index (χ3n) is 6.17. The molecule has 0 saturated carbocycles. The van der Waals surface area contributed by atoms with E-state index in [0.29, 0.717) is 27.4 Å². The number of aromatic nitrogens is 1. The van der Waals surface area contributed by atoms with Gasteiger partial charge in [0.05, 0.1) is 22.3 Å². The van der Waals surface area contributed by atoms with Crippen molar-refractivity contribution >= 4 is 45.0 Å². The van der Waals surface area contributed by atoms with Crippen LogP contribution in [0.5, 0.6) is 0 Å². The quantitative estimate of drug-likeness (QED) is 0.378. The Kier molecular flexibility index (Phi) is 4.28. The molecular weight excluding hydrogens is 428 g/mol. The van der Waals surface area contributed by atoms with Crippen molar-refractivity contribution in [2.24, 2.45) is 0 Å². The Morgan fingerprint density at radius 1 is 0.647 bits per heavy atom. The van der Waals surface area contributed by atoms with Gasteiger partial charge in [-0.15, -0.1) is 0 Å². The first-order chi connectivity index (χ1) is 16.5. The van der Waals surface area contributed by atoms with Gasteiger partial charge >= 0.3 is 0 Å². The zero-order chi connectivity index (χ0) is 23.4. The van der Waals surface area contributed by atoms with Gasteiger partial charge < -0.3 is 10.3 Å². The van der Waals surface area contributed by atoms with Crippen LogP contribution in [-0.2, 0) is 0 Å². The molecule has 0 saturated heterocycles. The van der Waals surface area contributed by atoms with Crippen molar-refractivity contribution < 1.29 is 14.4 Å². The predicted molar refractivity (Wildman–Crippen MR) is 130 cm³/mol. The fraction of sp³-hybridized carbons (Fsp3) is 0. The first kappa shape index (κ1) is 19.8. The van der Waals surface area contributed by atoms with E-state index in [0.717, 1.165) is 0 Å². The van der Waals surface area contributed by atoms with E-state index in [1.165, 1.54) is 6.07 Å². The molecule has 1 aliphatic rings. The molecule has 1 aromatic heterocycles. The summed E-state index contributed by atoms with van der Waals surface area (Å²) in [6, 6.07) is 23.6. The molecule has 2 N–H and O–H groups in total. The lowest BCUT2D eigenvalue weighted by Crippen LogP contribution is -2.25. The number of ketones is 2. The highest BCUT2D eigenvalue weighted by molar-refractivity contribution is 6.33. The lowest BCUT2D eigenvalue weighted by Gasteiger charge is -2.21. The highest BCUT2D eigenvalue weighted by atomic mass is 16.2. The lowest BCUT2D eigenvalue weighted by atomic mass is 9.82. The van der Waals surface area contributed by atoms with Gasteiger partial charge in [0.15, 0.2) is 17.0 Å². The summed E-state index contributed by atoms with van der Waals surface area (Å²) in [6.07, 6.45) is 0. The van der Waals surface area contributed by atoms with Crippen LogP contribution < -0.4 is 10.7 Å². The van der Waals surface area contributed by atoms with Gasteiger partial charge in [-0.2, -0.15) is 0 Å². The summed E-state index contributed by atoms with van der Waals surface area (Å²) in [4.78, 5) is 56.2. The van der Waals surface area contributed by atoms with Crippen molar-refractivity contribution in [3.05, 3.63) is 123 Å². The molecule has 1 heterocycles. The van der Waals surface area contributed by atoms with Crippen LogP contribution in [0.25, 0.3) is 21.8 Å². The maximum atomic E-state index is 13.6. The number of hydrogen-bond donors (Lipinski definition) is 2. The van der Waals surface area contributed by atoms with Crippen LogP contribution >= 0.6 is 0 Å². The number of pyridine rings is 1. The molecule has 0 spiro atoms. The minimum absolute atomic E-state index is 0.145. The van der Waals surface area contributed by atoms with E-state index in [1.54, 1.807) is 78.9 Å². The number of H-pyrrole nitrogens is 1. The van der Waals surface area contributed by atoms with Crippen LogP contribution in [-0.4, -0.2) is 22.5 Å². The summed E-state index contributed by atoms with van der Waals surface area (Å²) >= 11 is 0. The van der Waals surface area contributed by atoms with Gasteiger partial charge in [-0.1, -0.05) is 42.5 Å². The molecule has 1 amide bonds. The van der Waals surface area contributed by atoms with Crippen LogP contribution in [0.15, 0.2) is 89.7 Å². The average molecular weight is 444 g/mol. The van der Waals surface area contributed by atoms with E-state index in [1.807, 2.05) is 0 Å². The summed E-state index contributed by atoms with van der Waals surface area (Å²) in [5, 5.41) is 3.62. The molecule has 0 fully saturated rings. The van der Waals surface area contributed by atoms with Crippen molar-refractivity contribution in [3.63, 3.8) is 0 Å². The monoisotopic (exact) mass is 444 g/mol. The minimum Gasteiger partial charge on any atom is -0.354 e. The Bertz CT molecular complexity index is 1750. The molecule has 0 atom stereocenters. The molecule has 0 aliphatic heterocycles. The van der Waals surface area contributed by atoms with E-state index >= 15 is 0 Å². The maximum Gasteiger partial charge on any atom is 0.255 e. The van der Waals surface area contributed by atoms with Crippen molar-refractivity contribution in [2.75, 3.05) is 5.32 Å². The van der Waals surface area contributed by atoms with Gasteiger partial charge in [-0.05, 0) is 42.5 Å². The third kappa shape index (κ3) is 2.82. The molecule has 6 heteroatoms. The predicted octanol–water partition coefficient (Wildman–Crippen LogP) is 4.71. The van der Waals surface area contributed by atoms with Gasteiger partial charge in [-0.25, -0.2) is 0 Å². The molecule has 6 nitrogen and oxygen atoms in total. The Morgan fingerprint density at radius 3 is 2.18 bits per heavy atom. The third-order valence-corrected chi connectivity index (χ3v) is 6.17. The van der Waals surface area contributed by atoms with Crippen LogP contribution in [0.3, 0.4) is 0 Å². The Labute approximate surface area is 192 Å². The normalized spacial score (nSPS) is 12.5. The van der Waals surface area contributed by atoms with Gasteiger partial charge in [0.2, 0.25) is 0 Å². The molecule has 0 unspecified atom stereocenters. The number of hydrogen-bond acceptors (Lipinski definition) is 4.